The van der Waals surface area contributed by atoms with Gasteiger partial charge in [-0.3, -0.25) is 4.90 Å². The lowest BCUT2D eigenvalue weighted by molar-refractivity contribution is -0.276. The van der Waals surface area contributed by atoms with Crippen LogP contribution in [0.4, 0.5) is 0 Å². The van der Waals surface area contributed by atoms with E-state index in [9.17, 15) is 10.2 Å². The van der Waals surface area contributed by atoms with Crippen LogP contribution in [0.5, 0.6) is 0 Å². The number of aliphatic hydroxyl groups is 2. The first-order chi connectivity index (χ1) is 14.4. The topological polar surface area (TPSA) is 71.4 Å². The maximum Gasteiger partial charge on any atom is 0.0827 e. The molecular formula is C24H39NO5. The molecule has 0 radical (unpaired) electrons. The molecule has 13 unspecified atom stereocenters. The van der Waals surface area contributed by atoms with Crippen LogP contribution in [0.1, 0.15) is 39.5 Å². The molecule has 6 aliphatic rings. The normalized spacial score (nSPS) is 63.3. The van der Waals surface area contributed by atoms with E-state index in [0.29, 0.717) is 5.92 Å². The molecule has 13 atom stereocenters. The molecule has 6 nitrogen and oxygen atoms in total. The van der Waals surface area contributed by atoms with Gasteiger partial charge in [0, 0.05) is 69.4 Å². The summed E-state index contributed by atoms with van der Waals surface area (Å²) in [6.07, 6.45) is 3.12. The number of methoxy groups -OCH3 is 3. The van der Waals surface area contributed by atoms with Gasteiger partial charge in [-0.2, -0.15) is 0 Å². The Morgan fingerprint density at radius 2 is 1.83 bits per heavy atom. The number of fused-ring (bicyclic) bond motifs is 2. The zero-order valence-corrected chi connectivity index (χ0v) is 19.1. The zero-order valence-electron chi connectivity index (χ0n) is 19.1. The van der Waals surface area contributed by atoms with Crippen LogP contribution in [-0.2, 0) is 14.2 Å². The first-order valence-electron chi connectivity index (χ1n) is 12.1. The minimum Gasteiger partial charge on any atom is -0.392 e. The van der Waals surface area contributed by atoms with Crippen LogP contribution in [0.3, 0.4) is 0 Å². The molecule has 0 amide bonds. The van der Waals surface area contributed by atoms with Crippen molar-refractivity contribution in [2.75, 3.05) is 34.4 Å². The summed E-state index contributed by atoms with van der Waals surface area (Å²) in [4.78, 5) is 2.65. The van der Waals surface area contributed by atoms with Crippen molar-refractivity contribution in [1.82, 2.24) is 4.90 Å². The molecule has 5 saturated carbocycles. The van der Waals surface area contributed by atoms with E-state index in [0.717, 1.165) is 38.8 Å². The second kappa shape index (κ2) is 6.21. The van der Waals surface area contributed by atoms with E-state index in [2.05, 4.69) is 18.7 Å². The minimum atomic E-state index is -0.540. The van der Waals surface area contributed by atoms with Gasteiger partial charge in [-0.15, -0.1) is 0 Å². The molecule has 2 N–H and O–H groups in total. The molecule has 30 heavy (non-hydrogen) atoms. The van der Waals surface area contributed by atoms with Crippen molar-refractivity contribution in [3.63, 3.8) is 0 Å². The second-order valence-electron chi connectivity index (χ2n) is 11.6. The van der Waals surface area contributed by atoms with E-state index in [1.165, 1.54) is 0 Å². The van der Waals surface area contributed by atoms with Crippen molar-refractivity contribution >= 4 is 0 Å². The van der Waals surface area contributed by atoms with Crippen molar-refractivity contribution < 1.29 is 24.4 Å². The fourth-order valence-corrected chi connectivity index (χ4v) is 10.8. The quantitative estimate of drug-likeness (QED) is 0.717. The number of aliphatic hydroxyl groups excluding tert-OH is 2. The largest absolute Gasteiger partial charge is 0.392 e. The van der Waals surface area contributed by atoms with Gasteiger partial charge in [-0.25, -0.2) is 0 Å². The average Bonchev–Trinajstić information content (AvgIpc) is 3.11. The molecule has 170 valence electrons. The third-order valence-electron chi connectivity index (χ3n) is 11.3. The molecule has 5 aliphatic carbocycles. The van der Waals surface area contributed by atoms with E-state index in [1.54, 1.807) is 14.2 Å². The predicted molar refractivity (Wildman–Crippen MR) is 111 cm³/mol. The Morgan fingerprint density at radius 3 is 2.47 bits per heavy atom. The summed E-state index contributed by atoms with van der Waals surface area (Å²) >= 11 is 0. The van der Waals surface area contributed by atoms with Crippen molar-refractivity contribution in [3.05, 3.63) is 0 Å². The van der Waals surface area contributed by atoms with Crippen LogP contribution < -0.4 is 0 Å². The summed E-state index contributed by atoms with van der Waals surface area (Å²) < 4.78 is 18.7. The zero-order chi connectivity index (χ0) is 21.2. The Hall–Kier alpha value is -0.240. The van der Waals surface area contributed by atoms with Crippen molar-refractivity contribution in [3.8, 4) is 0 Å². The summed E-state index contributed by atoms with van der Waals surface area (Å²) in [5.74, 6) is 0.686. The standard InChI is InChI=1S/C24H39NO5/c1-6-25-11-22(2)8-7-15(29-4)24-13-9-12-14(28-3)10-23(30-5,16(13)18(12)26)17(21(24)25)19(27)20(22)24/h12-21,26-27H,6-11H2,1-5H3. The van der Waals surface area contributed by atoms with Crippen LogP contribution in [0, 0.1) is 40.4 Å². The Bertz CT molecular complexity index is 734. The molecular weight excluding hydrogens is 382 g/mol. The molecule has 0 aromatic carbocycles. The molecule has 6 fully saturated rings. The average molecular weight is 422 g/mol. The minimum absolute atomic E-state index is 0.0161. The van der Waals surface area contributed by atoms with Crippen molar-refractivity contribution in [1.29, 1.82) is 0 Å². The molecule has 0 aromatic rings. The maximum absolute atomic E-state index is 12.1. The fraction of sp³-hybridized carbons (Fsp3) is 1.00. The Morgan fingerprint density at radius 1 is 1.07 bits per heavy atom. The van der Waals surface area contributed by atoms with E-state index in [-0.39, 0.29) is 52.8 Å². The molecule has 1 heterocycles. The first-order valence-corrected chi connectivity index (χ1v) is 12.1. The third-order valence-corrected chi connectivity index (χ3v) is 11.3. The van der Waals surface area contributed by atoms with Crippen LogP contribution in [0.15, 0.2) is 0 Å². The molecule has 6 rings (SSSR count). The number of hydrogen-bond acceptors (Lipinski definition) is 6. The highest BCUT2D eigenvalue weighted by Gasteiger charge is 2.86. The number of likely N-dealkylation sites (tertiary alicyclic amines) is 1. The molecule has 1 saturated heterocycles. The number of ether oxygens (including phenoxy) is 3. The number of piperidine rings is 1. The third kappa shape index (κ3) is 1.88. The highest BCUT2D eigenvalue weighted by atomic mass is 16.5. The van der Waals surface area contributed by atoms with Crippen molar-refractivity contribution in [2.24, 2.45) is 40.4 Å². The Balaban J connectivity index is 1.64. The number of hydrogen-bond donors (Lipinski definition) is 2. The van der Waals surface area contributed by atoms with E-state index < -0.39 is 17.8 Å². The van der Waals surface area contributed by atoms with Gasteiger partial charge in [0.2, 0.25) is 0 Å². The summed E-state index contributed by atoms with van der Waals surface area (Å²) in [6, 6.07) is 0.239. The van der Waals surface area contributed by atoms with Gasteiger partial charge in [-0.05, 0) is 37.1 Å². The van der Waals surface area contributed by atoms with Gasteiger partial charge >= 0.3 is 0 Å². The number of rotatable bonds is 4. The molecule has 6 heteroatoms. The summed E-state index contributed by atoms with van der Waals surface area (Å²) in [5.41, 5.74) is -0.584. The van der Waals surface area contributed by atoms with Gasteiger partial charge in [0.05, 0.1) is 30.0 Å². The van der Waals surface area contributed by atoms with Gasteiger partial charge < -0.3 is 24.4 Å². The summed E-state index contributed by atoms with van der Waals surface area (Å²) in [7, 11) is 5.43. The molecule has 1 aliphatic heterocycles. The van der Waals surface area contributed by atoms with Crippen LogP contribution in [0.25, 0.3) is 0 Å². The number of nitrogens with zero attached hydrogens (tertiary/aromatic N) is 1. The second-order valence-corrected chi connectivity index (χ2v) is 11.6. The van der Waals surface area contributed by atoms with E-state index in [4.69, 9.17) is 14.2 Å². The summed E-state index contributed by atoms with van der Waals surface area (Å²) in [5, 5.41) is 23.7. The lowest BCUT2D eigenvalue weighted by atomic mass is 9.43. The SMILES string of the molecule is CCN1CC2(C)CCC(OC)C34C5CC6C(OC)CC(OC)(C5C6O)C(C(O)C23)C14. The molecule has 0 aromatic heterocycles. The molecule has 1 spiro atoms. The van der Waals surface area contributed by atoms with Crippen LogP contribution in [0.2, 0.25) is 0 Å². The van der Waals surface area contributed by atoms with Crippen LogP contribution in [-0.4, -0.2) is 85.6 Å². The van der Waals surface area contributed by atoms with E-state index >= 15 is 0 Å². The van der Waals surface area contributed by atoms with Crippen LogP contribution >= 0.6 is 0 Å². The fourth-order valence-electron chi connectivity index (χ4n) is 10.8. The Labute approximate surface area is 180 Å². The summed E-state index contributed by atoms with van der Waals surface area (Å²) in [6.45, 7) is 6.69. The lowest BCUT2D eigenvalue weighted by Gasteiger charge is -2.69. The smallest absolute Gasteiger partial charge is 0.0827 e. The van der Waals surface area contributed by atoms with Gasteiger partial charge in [0.15, 0.2) is 0 Å². The highest BCUT2D eigenvalue weighted by molar-refractivity contribution is 5.35. The molecule has 7 bridgehead atoms. The highest BCUT2D eigenvalue weighted by Crippen LogP contribution is 2.79. The first kappa shape index (κ1) is 20.4. The predicted octanol–water partition coefficient (Wildman–Crippen LogP) is 1.53. The van der Waals surface area contributed by atoms with Gasteiger partial charge in [0.1, 0.15) is 0 Å². The van der Waals surface area contributed by atoms with E-state index in [1.807, 2.05) is 7.11 Å². The lowest BCUT2D eigenvalue weighted by Crippen LogP contribution is -2.76. The maximum atomic E-state index is 12.1. The van der Waals surface area contributed by atoms with Gasteiger partial charge in [-0.1, -0.05) is 13.8 Å². The van der Waals surface area contributed by atoms with Gasteiger partial charge in [0.25, 0.3) is 0 Å². The van der Waals surface area contributed by atoms with Crippen molar-refractivity contribution in [2.45, 2.75) is 75.6 Å². The monoisotopic (exact) mass is 421 g/mol. The Kier molecular flexibility index (Phi) is 4.21.